The molecule has 2 rings (SSSR count). The molecule has 0 spiro atoms. The standard InChI is InChI=1S/C15H18N2O2/c1-3-4-9-17-14(15(18)19)10-13(16-17)12-7-5-11(2)6-8-12/h5-8,10H,3-4,9H2,1-2H3,(H,18,19). The van der Waals surface area contributed by atoms with Crippen molar-refractivity contribution in [3.05, 3.63) is 41.6 Å². The van der Waals surface area contributed by atoms with E-state index in [9.17, 15) is 9.90 Å². The van der Waals surface area contributed by atoms with Crippen molar-refractivity contribution in [1.29, 1.82) is 0 Å². The lowest BCUT2D eigenvalue weighted by atomic mass is 10.1. The predicted octanol–water partition coefficient (Wildman–Crippen LogP) is 3.36. The van der Waals surface area contributed by atoms with Crippen molar-refractivity contribution in [3.8, 4) is 11.3 Å². The molecule has 0 bridgehead atoms. The highest BCUT2D eigenvalue weighted by Crippen LogP contribution is 2.20. The summed E-state index contributed by atoms with van der Waals surface area (Å²) in [4.78, 5) is 11.2. The number of carbonyl (C=O) groups is 1. The highest BCUT2D eigenvalue weighted by molar-refractivity contribution is 5.87. The van der Waals surface area contributed by atoms with Crippen LogP contribution in [0.2, 0.25) is 0 Å². The number of aromatic carboxylic acids is 1. The molecule has 0 unspecified atom stereocenters. The van der Waals surface area contributed by atoms with Crippen LogP contribution in [-0.2, 0) is 6.54 Å². The summed E-state index contributed by atoms with van der Waals surface area (Å²) >= 11 is 0. The van der Waals surface area contributed by atoms with E-state index in [2.05, 4.69) is 12.0 Å². The Morgan fingerprint density at radius 2 is 2.00 bits per heavy atom. The van der Waals surface area contributed by atoms with E-state index in [1.54, 1.807) is 10.7 Å². The minimum atomic E-state index is -0.929. The average molecular weight is 258 g/mol. The molecule has 1 heterocycles. The zero-order valence-corrected chi connectivity index (χ0v) is 11.3. The quantitative estimate of drug-likeness (QED) is 0.894. The number of benzene rings is 1. The van der Waals surface area contributed by atoms with Crippen LogP contribution >= 0.6 is 0 Å². The third-order valence-electron chi connectivity index (χ3n) is 3.07. The van der Waals surface area contributed by atoms with Gasteiger partial charge in [0.2, 0.25) is 0 Å². The molecular weight excluding hydrogens is 240 g/mol. The van der Waals surface area contributed by atoms with E-state index in [-0.39, 0.29) is 5.69 Å². The van der Waals surface area contributed by atoms with Crippen LogP contribution in [0.3, 0.4) is 0 Å². The highest BCUT2D eigenvalue weighted by Gasteiger charge is 2.14. The van der Waals surface area contributed by atoms with Crippen molar-refractivity contribution in [2.24, 2.45) is 0 Å². The number of hydrogen-bond acceptors (Lipinski definition) is 2. The molecule has 0 aliphatic carbocycles. The largest absolute Gasteiger partial charge is 0.477 e. The molecule has 1 N–H and O–H groups in total. The molecule has 0 fully saturated rings. The molecule has 0 aliphatic rings. The fourth-order valence-electron chi connectivity index (χ4n) is 1.93. The van der Waals surface area contributed by atoms with Crippen LogP contribution in [0.4, 0.5) is 0 Å². The van der Waals surface area contributed by atoms with E-state index < -0.39 is 5.97 Å². The van der Waals surface area contributed by atoms with Crippen LogP contribution in [0.25, 0.3) is 11.3 Å². The van der Waals surface area contributed by atoms with Crippen molar-refractivity contribution in [3.63, 3.8) is 0 Å². The molecule has 0 radical (unpaired) electrons. The summed E-state index contributed by atoms with van der Waals surface area (Å²) in [6.07, 6.45) is 1.94. The predicted molar refractivity (Wildman–Crippen MR) is 74.3 cm³/mol. The summed E-state index contributed by atoms with van der Waals surface area (Å²) in [5, 5.41) is 13.6. The van der Waals surface area contributed by atoms with Gasteiger partial charge in [0.15, 0.2) is 0 Å². The number of hydrogen-bond donors (Lipinski definition) is 1. The molecule has 0 amide bonds. The van der Waals surface area contributed by atoms with Gasteiger partial charge in [0.05, 0.1) is 5.69 Å². The first-order chi connectivity index (χ1) is 9.11. The summed E-state index contributed by atoms with van der Waals surface area (Å²) in [7, 11) is 0. The maximum atomic E-state index is 11.2. The van der Waals surface area contributed by atoms with Crippen LogP contribution in [0, 0.1) is 6.92 Å². The first-order valence-corrected chi connectivity index (χ1v) is 6.50. The fraction of sp³-hybridized carbons (Fsp3) is 0.333. The van der Waals surface area contributed by atoms with Crippen molar-refractivity contribution >= 4 is 5.97 Å². The molecule has 0 atom stereocenters. The van der Waals surface area contributed by atoms with Gasteiger partial charge in [-0.2, -0.15) is 5.10 Å². The zero-order valence-electron chi connectivity index (χ0n) is 11.3. The van der Waals surface area contributed by atoms with Crippen LogP contribution in [0.1, 0.15) is 35.8 Å². The number of aryl methyl sites for hydroxylation is 2. The maximum absolute atomic E-state index is 11.2. The van der Waals surface area contributed by atoms with Crippen LogP contribution in [-0.4, -0.2) is 20.9 Å². The van der Waals surface area contributed by atoms with Gasteiger partial charge in [0.25, 0.3) is 0 Å². The van der Waals surface area contributed by atoms with Gasteiger partial charge in [-0.25, -0.2) is 4.79 Å². The lowest BCUT2D eigenvalue weighted by Gasteiger charge is -2.02. The number of nitrogens with zero attached hydrogens (tertiary/aromatic N) is 2. The lowest BCUT2D eigenvalue weighted by Crippen LogP contribution is -2.09. The Hall–Kier alpha value is -2.10. The van der Waals surface area contributed by atoms with Gasteiger partial charge < -0.3 is 5.11 Å². The molecule has 0 aliphatic heterocycles. The van der Waals surface area contributed by atoms with Crippen molar-refractivity contribution in [1.82, 2.24) is 9.78 Å². The monoisotopic (exact) mass is 258 g/mol. The maximum Gasteiger partial charge on any atom is 0.354 e. The smallest absolute Gasteiger partial charge is 0.354 e. The number of unbranched alkanes of at least 4 members (excludes halogenated alkanes) is 1. The van der Waals surface area contributed by atoms with Gasteiger partial charge >= 0.3 is 5.97 Å². The summed E-state index contributed by atoms with van der Waals surface area (Å²) in [6.45, 7) is 4.74. The number of carboxylic acid groups (broad SMARTS) is 1. The Morgan fingerprint density at radius 3 is 2.58 bits per heavy atom. The van der Waals surface area contributed by atoms with Crippen molar-refractivity contribution < 1.29 is 9.90 Å². The van der Waals surface area contributed by atoms with Gasteiger partial charge in [-0.15, -0.1) is 0 Å². The number of aromatic nitrogens is 2. The van der Waals surface area contributed by atoms with Gasteiger partial charge in [0.1, 0.15) is 5.69 Å². The Balaban J connectivity index is 2.36. The van der Waals surface area contributed by atoms with Gasteiger partial charge in [-0.1, -0.05) is 43.2 Å². The molecule has 100 valence electrons. The van der Waals surface area contributed by atoms with Gasteiger partial charge in [-0.3, -0.25) is 4.68 Å². The Morgan fingerprint density at radius 1 is 1.32 bits per heavy atom. The van der Waals surface area contributed by atoms with E-state index in [0.717, 1.165) is 18.4 Å². The van der Waals surface area contributed by atoms with E-state index in [4.69, 9.17) is 0 Å². The van der Waals surface area contributed by atoms with Gasteiger partial charge in [-0.05, 0) is 19.4 Å². The number of rotatable bonds is 5. The summed E-state index contributed by atoms with van der Waals surface area (Å²) < 4.78 is 1.58. The second kappa shape index (κ2) is 5.69. The molecule has 4 nitrogen and oxygen atoms in total. The Kier molecular flexibility index (Phi) is 4.00. The minimum absolute atomic E-state index is 0.254. The number of carboxylic acids is 1. The second-order valence-electron chi connectivity index (χ2n) is 4.66. The minimum Gasteiger partial charge on any atom is -0.477 e. The topological polar surface area (TPSA) is 55.1 Å². The van der Waals surface area contributed by atoms with E-state index >= 15 is 0 Å². The van der Waals surface area contributed by atoms with Crippen LogP contribution in [0.5, 0.6) is 0 Å². The summed E-state index contributed by atoms with van der Waals surface area (Å²) in [5.41, 5.74) is 3.09. The molecule has 0 saturated carbocycles. The summed E-state index contributed by atoms with van der Waals surface area (Å²) in [6, 6.07) is 9.57. The van der Waals surface area contributed by atoms with Crippen molar-refractivity contribution in [2.75, 3.05) is 0 Å². The van der Waals surface area contributed by atoms with Crippen molar-refractivity contribution in [2.45, 2.75) is 33.2 Å². The molecule has 0 saturated heterocycles. The van der Waals surface area contributed by atoms with E-state index in [0.29, 0.717) is 12.2 Å². The summed E-state index contributed by atoms with van der Waals surface area (Å²) in [5.74, 6) is -0.929. The SMILES string of the molecule is CCCCn1nc(-c2ccc(C)cc2)cc1C(=O)O. The Labute approximate surface area is 112 Å². The fourth-order valence-corrected chi connectivity index (χ4v) is 1.93. The Bertz CT molecular complexity index is 570. The molecule has 1 aromatic heterocycles. The van der Waals surface area contributed by atoms with E-state index in [1.165, 1.54) is 5.56 Å². The normalized spacial score (nSPS) is 10.6. The zero-order chi connectivity index (χ0) is 13.8. The molecule has 19 heavy (non-hydrogen) atoms. The highest BCUT2D eigenvalue weighted by atomic mass is 16.4. The first kappa shape index (κ1) is 13.3. The van der Waals surface area contributed by atoms with Crippen LogP contribution < -0.4 is 0 Å². The molecule has 4 heteroatoms. The third kappa shape index (κ3) is 3.02. The first-order valence-electron chi connectivity index (χ1n) is 6.50. The third-order valence-corrected chi connectivity index (χ3v) is 3.07. The molecular formula is C15H18N2O2. The molecule has 1 aromatic carbocycles. The lowest BCUT2D eigenvalue weighted by molar-refractivity contribution is 0.0683. The molecule has 2 aromatic rings. The average Bonchev–Trinajstić information content (AvgIpc) is 2.81. The van der Waals surface area contributed by atoms with E-state index in [1.807, 2.05) is 31.2 Å². The van der Waals surface area contributed by atoms with Gasteiger partial charge in [0, 0.05) is 12.1 Å². The van der Waals surface area contributed by atoms with Crippen LogP contribution in [0.15, 0.2) is 30.3 Å². The second-order valence-corrected chi connectivity index (χ2v) is 4.66.